The molecule has 6 nitrogen and oxygen atoms in total. The summed E-state index contributed by atoms with van der Waals surface area (Å²) in [4.78, 5) is 0. The topological polar surface area (TPSA) is 83.7 Å². The van der Waals surface area contributed by atoms with Crippen LogP contribution < -0.4 is 0 Å². The van der Waals surface area contributed by atoms with Crippen LogP contribution in [-0.4, -0.2) is 9.13 Å². The lowest BCUT2D eigenvalue weighted by Crippen LogP contribution is -2.02. The van der Waals surface area contributed by atoms with E-state index in [9.17, 15) is 10.5 Å². The number of nitriles is 2. The Morgan fingerprint density at radius 3 is 1.84 bits per heavy atom. The highest BCUT2D eigenvalue weighted by Crippen LogP contribution is 2.44. The number of furan rings is 2. The first-order valence-corrected chi connectivity index (χ1v) is 18.5. The molecule has 258 valence electrons. The SMILES string of the molecule is N#Cc1cc(-n2c3ccccc3c3ccc4oc5ccccc5c4c32)ccc1-c1cccc(C#N)c1-n1c2ccccc2c2cc3oc4ccccc4c3cc21. The second-order valence-electron chi connectivity index (χ2n) is 14.3. The number of hydrogen-bond donors (Lipinski definition) is 0. The van der Waals surface area contributed by atoms with Crippen LogP contribution in [0.2, 0.25) is 0 Å². The van der Waals surface area contributed by atoms with Crippen LogP contribution in [0.4, 0.5) is 0 Å². The molecule has 0 spiro atoms. The molecule has 0 saturated heterocycles. The van der Waals surface area contributed by atoms with Crippen LogP contribution in [0.5, 0.6) is 0 Å². The van der Waals surface area contributed by atoms with E-state index in [1.54, 1.807) is 0 Å². The van der Waals surface area contributed by atoms with Crippen molar-refractivity contribution < 1.29 is 8.83 Å². The molecule has 6 heteroatoms. The van der Waals surface area contributed by atoms with Crippen molar-refractivity contribution in [2.24, 2.45) is 0 Å². The second-order valence-corrected chi connectivity index (χ2v) is 14.3. The maximum absolute atomic E-state index is 10.9. The molecule has 4 heterocycles. The number of rotatable bonds is 3. The molecule has 0 atom stereocenters. The zero-order chi connectivity index (χ0) is 37.1. The van der Waals surface area contributed by atoms with Crippen LogP contribution in [0.1, 0.15) is 11.1 Å². The first-order chi connectivity index (χ1) is 27.7. The van der Waals surface area contributed by atoms with Crippen molar-refractivity contribution in [3.8, 4) is 34.6 Å². The van der Waals surface area contributed by atoms with E-state index in [4.69, 9.17) is 8.83 Å². The summed E-state index contributed by atoms with van der Waals surface area (Å²) in [6, 6.07) is 58.2. The van der Waals surface area contributed by atoms with Gasteiger partial charge in [0.1, 0.15) is 28.4 Å². The standard InChI is InChI=1S/C50H26N4O2/c51-27-29-10-9-15-36(49(29)54-42-17-6-2-12-34(42)39-26-47-40(25-43(39)54)35-13-3-7-18-44(35)56-47)32-21-20-31(24-30(32)28-52)53-41-16-5-1-11-33(41)37-22-23-46-48(50(37)53)38-14-4-8-19-45(38)55-46/h1-26H. The van der Waals surface area contributed by atoms with Crippen molar-refractivity contribution in [1.29, 1.82) is 10.5 Å². The third kappa shape index (κ3) is 4.02. The van der Waals surface area contributed by atoms with Crippen LogP contribution in [-0.2, 0) is 0 Å². The van der Waals surface area contributed by atoms with Gasteiger partial charge in [-0.25, -0.2) is 0 Å². The van der Waals surface area contributed by atoms with Crippen LogP contribution in [0.3, 0.4) is 0 Å². The molecule has 0 unspecified atom stereocenters. The lowest BCUT2D eigenvalue weighted by molar-refractivity contribution is 0.669. The van der Waals surface area contributed by atoms with Gasteiger partial charge in [0, 0.05) is 54.5 Å². The van der Waals surface area contributed by atoms with E-state index in [1.165, 1.54) is 0 Å². The summed E-state index contributed by atoms with van der Waals surface area (Å²) in [6.07, 6.45) is 0. The summed E-state index contributed by atoms with van der Waals surface area (Å²) < 4.78 is 17.1. The minimum absolute atomic E-state index is 0.498. The molecule has 8 aromatic carbocycles. The molecule has 0 aliphatic rings. The number of hydrogen-bond acceptors (Lipinski definition) is 4. The molecule has 12 rings (SSSR count). The van der Waals surface area contributed by atoms with Crippen LogP contribution in [0, 0.1) is 22.7 Å². The van der Waals surface area contributed by atoms with Crippen molar-refractivity contribution in [2.75, 3.05) is 0 Å². The molecule has 0 fully saturated rings. The number of fused-ring (bicyclic) bond motifs is 13. The van der Waals surface area contributed by atoms with Gasteiger partial charge in [-0.15, -0.1) is 0 Å². The number of aromatic nitrogens is 2. The van der Waals surface area contributed by atoms with Gasteiger partial charge >= 0.3 is 0 Å². The van der Waals surface area contributed by atoms with E-state index < -0.39 is 0 Å². The minimum atomic E-state index is 0.498. The number of para-hydroxylation sites is 5. The molecule has 0 saturated carbocycles. The first-order valence-electron chi connectivity index (χ1n) is 18.5. The van der Waals surface area contributed by atoms with E-state index in [2.05, 4.69) is 94.1 Å². The number of benzene rings is 8. The first kappa shape index (κ1) is 30.4. The Labute approximate surface area is 318 Å². The molecule has 0 radical (unpaired) electrons. The Morgan fingerprint density at radius 1 is 0.393 bits per heavy atom. The van der Waals surface area contributed by atoms with E-state index in [0.717, 1.165) is 110 Å². The molecular formula is C50H26N4O2. The van der Waals surface area contributed by atoms with Crippen molar-refractivity contribution in [2.45, 2.75) is 0 Å². The lowest BCUT2D eigenvalue weighted by atomic mass is 9.95. The second kappa shape index (κ2) is 11.2. The molecule has 56 heavy (non-hydrogen) atoms. The van der Waals surface area contributed by atoms with Gasteiger partial charge in [-0.2, -0.15) is 10.5 Å². The van der Waals surface area contributed by atoms with Gasteiger partial charge in [0.05, 0.1) is 50.3 Å². The van der Waals surface area contributed by atoms with Crippen molar-refractivity contribution in [1.82, 2.24) is 9.13 Å². The summed E-state index contributed by atoms with van der Waals surface area (Å²) in [5.74, 6) is 0. The Kier molecular flexibility index (Phi) is 6.10. The smallest absolute Gasteiger partial charge is 0.137 e. The van der Waals surface area contributed by atoms with E-state index in [-0.39, 0.29) is 0 Å². The maximum atomic E-state index is 10.9. The van der Waals surface area contributed by atoms with E-state index >= 15 is 0 Å². The van der Waals surface area contributed by atoms with Crippen LogP contribution in [0.15, 0.2) is 167 Å². The zero-order valence-corrected chi connectivity index (χ0v) is 29.6. The van der Waals surface area contributed by atoms with E-state index in [1.807, 2.05) is 84.9 Å². The third-order valence-electron chi connectivity index (χ3n) is 11.4. The normalized spacial score (nSPS) is 11.9. The predicted octanol–water partition coefficient (Wildman–Crippen LogP) is 13.1. The van der Waals surface area contributed by atoms with Crippen LogP contribution >= 0.6 is 0 Å². The molecule has 0 N–H and O–H groups in total. The average Bonchev–Trinajstić information content (AvgIpc) is 3.99. The number of nitrogens with zero attached hydrogens (tertiary/aromatic N) is 4. The molecule has 0 aliphatic carbocycles. The van der Waals surface area contributed by atoms with Gasteiger partial charge in [0.2, 0.25) is 0 Å². The largest absolute Gasteiger partial charge is 0.456 e. The summed E-state index contributed by atoms with van der Waals surface area (Å²) >= 11 is 0. The Morgan fingerprint density at radius 2 is 1.05 bits per heavy atom. The lowest BCUT2D eigenvalue weighted by Gasteiger charge is -2.17. The van der Waals surface area contributed by atoms with Gasteiger partial charge in [-0.3, -0.25) is 0 Å². The molecule has 12 aromatic rings. The van der Waals surface area contributed by atoms with Crippen molar-refractivity contribution in [3.63, 3.8) is 0 Å². The van der Waals surface area contributed by atoms with Crippen molar-refractivity contribution >= 4 is 87.5 Å². The highest BCUT2D eigenvalue weighted by Gasteiger charge is 2.24. The summed E-state index contributed by atoms with van der Waals surface area (Å²) in [5.41, 5.74) is 11.4. The van der Waals surface area contributed by atoms with Gasteiger partial charge in [0.15, 0.2) is 0 Å². The monoisotopic (exact) mass is 714 g/mol. The van der Waals surface area contributed by atoms with Gasteiger partial charge < -0.3 is 18.0 Å². The van der Waals surface area contributed by atoms with Gasteiger partial charge in [-0.1, -0.05) is 91.0 Å². The van der Waals surface area contributed by atoms with Gasteiger partial charge in [0.25, 0.3) is 0 Å². The minimum Gasteiger partial charge on any atom is -0.456 e. The summed E-state index contributed by atoms with van der Waals surface area (Å²) in [7, 11) is 0. The van der Waals surface area contributed by atoms with E-state index in [0.29, 0.717) is 11.1 Å². The fraction of sp³-hybridized carbons (Fsp3) is 0. The Bertz CT molecular complexity index is 3750. The van der Waals surface area contributed by atoms with Crippen molar-refractivity contribution in [3.05, 3.63) is 169 Å². The predicted molar refractivity (Wildman–Crippen MR) is 225 cm³/mol. The van der Waals surface area contributed by atoms with Gasteiger partial charge in [-0.05, 0) is 66.7 Å². The molecule has 0 bridgehead atoms. The summed E-state index contributed by atoms with van der Waals surface area (Å²) in [5, 5.41) is 30.0. The Hall–Kier alpha value is -8.06. The zero-order valence-electron chi connectivity index (χ0n) is 29.6. The fourth-order valence-electron chi connectivity index (χ4n) is 9.05. The maximum Gasteiger partial charge on any atom is 0.137 e. The Balaban J connectivity index is 1.14. The van der Waals surface area contributed by atoms with Crippen LogP contribution in [0.25, 0.3) is 110 Å². The molecule has 4 aromatic heterocycles. The molecule has 0 amide bonds. The highest BCUT2D eigenvalue weighted by molar-refractivity contribution is 6.24. The fourth-order valence-corrected chi connectivity index (χ4v) is 9.05. The molecule has 0 aliphatic heterocycles. The average molecular weight is 715 g/mol. The highest BCUT2D eigenvalue weighted by atomic mass is 16.3. The molecular weight excluding hydrogens is 689 g/mol. The quantitative estimate of drug-likeness (QED) is 0.182. The third-order valence-corrected chi connectivity index (χ3v) is 11.4. The summed E-state index contributed by atoms with van der Waals surface area (Å²) in [6.45, 7) is 0.